The van der Waals surface area contributed by atoms with Crippen LogP contribution >= 0.6 is 23.2 Å². The highest BCUT2D eigenvalue weighted by Gasteiger charge is 2.31. The third-order valence-corrected chi connectivity index (χ3v) is 17.1. The minimum atomic E-state index is 0.587. The zero-order chi connectivity index (χ0) is 44.5. The second-order valence-corrected chi connectivity index (χ2v) is 22.0. The molecule has 0 atom stereocenters. The van der Waals surface area contributed by atoms with Gasteiger partial charge in [0.25, 0.3) is 0 Å². The SMILES string of the molecule is CCCCCC[C@H]1CC[C@H](C2CCC(C#Cc3ccc(CCCCC)c(Cl)c3)CC2)CC1.CCCCCc1ccc(C#CC2CCC([C@H]3CC[C@H](CCCCC)CC3)CC2)cc1Cl. The van der Waals surface area contributed by atoms with Gasteiger partial charge < -0.3 is 0 Å². The van der Waals surface area contributed by atoms with Crippen LogP contribution in [-0.2, 0) is 12.8 Å². The Morgan fingerprint density at radius 2 is 0.730 bits per heavy atom. The van der Waals surface area contributed by atoms with Crippen molar-refractivity contribution in [2.45, 2.75) is 240 Å². The predicted molar refractivity (Wildman–Crippen MR) is 278 cm³/mol. The lowest BCUT2D eigenvalue weighted by Crippen LogP contribution is -2.25. The Labute approximate surface area is 400 Å². The van der Waals surface area contributed by atoms with E-state index in [0.29, 0.717) is 11.8 Å². The molecule has 4 fully saturated rings. The van der Waals surface area contributed by atoms with E-state index >= 15 is 0 Å². The average molecular weight is 896 g/mol. The molecule has 2 aromatic rings. The van der Waals surface area contributed by atoms with Gasteiger partial charge in [-0.2, -0.15) is 0 Å². The first-order valence-electron chi connectivity index (χ1n) is 27.5. The van der Waals surface area contributed by atoms with Crippen molar-refractivity contribution in [1.29, 1.82) is 0 Å². The second kappa shape index (κ2) is 30.4. The van der Waals surface area contributed by atoms with Gasteiger partial charge in [0.2, 0.25) is 0 Å². The van der Waals surface area contributed by atoms with Crippen LogP contribution in [0.15, 0.2) is 36.4 Å². The largest absolute Gasteiger partial charge is 0.0945 e. The summed E-state index contributed by atoms with van der Waals surface area (Å²) in [4.78, 5) is 0. The fourth-order valence-corrected chi connectivity index (χ4v) is 12.6. The summed E-state index contributed by atoms with van der Waals surface area (Å²) in [5, 5.41) is 1.80. The van der Waals surface area contributed by atoms with E-state index in [1.54, 1.807) is 0 Å². The highest BCUT2D eigenvalue weighted by molar-refractivity contribution is 6.31. The van der Waals surface area contributed by atoms with E-state index in [0.717, 1.165) is 69.5 Å². The van der Waals surface area contributed by atoms with Crippen LogP contribution in [0.5, 0.6) is 0 Å². The first kappa shape index (κ1) is 52.1. The number of halogens is 2. The van der Waals surface area contributed by atoms with Gasteiger partial charge in [-0.25, -0.2) is 0 Å². The Balaban J connectivity index is 0.000000238. The highest BCUT2D eigenvalue weighted by Crippen LogP contribution is 2.44. The molecule has 350 valence electrons. The third-order valence-electron chi connectivity index (χ3n) is 16.4. The molecule has 2 aromatic carbocycles. The fourth-order valence-electron chi connectivity index (χ4n) is 12.1. The highest BCUT2D eigenvalue weighted by atomic mass is 35.5. The average Bonchev–Trinajstić information content (AvgIpc) is 3.31. The van der Waals surface area contributed by atoms with Gasteiger partial charge >= 0.3 is 0 Å². The summed E-state index contributed by atoms with van der Waals surface area (Å²) < 4.78 is 0. The second-order valence-electron chi connectivity index (χ2n) is 21.2. The Kier molecular flexibility index (Phi) is 25.2. The number of rotatable bonds is 19. The molecular formula is C61H92Cl2. The van der Waals surface area contributed by atoms with Crippen LogP contribution in [0.4, 0.5) is 0 Å². The molecule has 63 heavy (non-hydrogen) atoms. The van der Waals surface area contributed by atoms with Crippen LogP contribution in [0.1, 0.15) is 249 Å². The molecular weight excluding hydrogens is 804 g/mol. The molecule has 4 aliphatic carbocycles. The maximum atomic E-state index is 6.52. The van der Waals surface area contributed by atoms with Crippen LogP contribution in [0, 0.1) is 71.0 Å². The summed E-state index contributed by atoms with van der Waals surface area (Å²) >= 11 is 13.0. The van der Waals surface area contributed by atoms with Crippen LogP contribution in [0.3, 0.4) is 0 Å². The molecule has 6 rings (SSSR count). The summed E-state index contributed by atoms with van der Waals surface area (Å²) in [5.74, 6) is 21.3. The van der Waals surface area contributed by atoms with Gasteiger partial charge in [-0.05, 0) is 174 Å². The van der Waals surface area contributed by atoms with Gasteiger partial charge in [-0.15, -0.1) is 0 Å². The lowest BCUT2D eigenvalue weighted by atomic mass is 9.69. The van der Waals surface area contributed by atoms with Crippen molar-refractivity contribution in [1.82, 2.24) is 0 Å². The molecule has 4 aliphatic rings. The molecule has 2 heteroatoms. The summed E-state index contributed by atoms with van der Waals surface area (Å²) in [6, 6.07) is 12.9. The Bertz CT molecular complexity index is 1650. The maximum absolute atomic E-state index is 6.52. The molecule has 0 aliphatic heterocycles. The maximum Gasteiger partial charge on any atom is 0.0450 e. The number of unbranched alkanes of at least 4 members (excludes halogenated alkanes) is 9. The van der Waals surface area contributed by atoms with Crippen LogP contribution in [-0.4, -0.2) is 0 Å². The molecule has 4 saturated carbocycles. The van der Waals surface area contributed by atoms with Gasteiger partial charge in [-0.3, -0.25) is 0 Å². The van der Waals surface area contributed by atoms with Crippen LogP contribution < -0.4 is 0 Å². The third kappa shape index (κ3) is 19.1. The van der Waals surface area contributed by atoms with Crippen LogP contribution in [0.25, 0.3) is 0 Å². The van der Waals surface area contributed by atoms with Gasteiger partial charge in [0, 0.05) is 33.0 Å². The standard InChI is InChI=1S/C31H47Cl.C30H45Cl/c1-3-5-7-9-10-25-14-19-28(20-15-25)29-21-16-26(17-22-29)12-13-27-18-23-30(31(32)24-27)11-8-6-4-2;1-3-5-7-9-24-13-18-27(19-14-24)28-20-15-25(16-21-28)11-12-26-17-22-29(30(31)23-26)10-8-6-4-2/h18,23-26,28-29H,3-11,14-17,19-22H2,1-2H3;17,22-25,27-28H,3-10,13-16,18-21H2,1-2H3/t25-,26?,28-,29?;24-,25?,27-,28?. The van der Waals surface area contributed by atoms with Gasteiger partial charge in [0.05, 0.1) is 0 Å². The Morgan fingerprint density at radius 1 is 0.397 bits per heavy atom. The van der Waals surface area contributed by atoms with Crippen molar-refractivity contribution in [2.24, 2.45) is 47.3 Å². The van der Waals surface area contributed by atoms with E-state index in [4.69, 9.17) is 23.2 Å². The zero-order valence-electron chi connectivity index (χ0n) is 41.2. The predicted octanol–water partition coefficient (Wildman–Crippen LogP) is 19.6. The molecule has 0 nitrogen and oxygen atoms in total. The topological polar surface area (TPSA) is 0 Å². The first-order chi connectivity index (χ1) is 30.9. The molecule has 0 bridgehead atoms. The summed E-state index contributed by atoms with van der Waals surface area (Å²) in [6.07, 6.45) is 45.5. The van der Waals surface area contributed by atoms with E-state index in [1.165, 1.54) is 210 Å². The number of benzene rings is 2. The molecule has 0 heterocycles. The molecule has 0 aromatic heterocycles. The summed E-state index contributed by atoms with van der Waals surface area (Å²) in [5.41, 5.74) is 4.74. The molecule has 0 N–H and O–H groups in total. The minimum Gasteiger partial charge on any atom is -0.0945 e. The minimum absolute atomic E-state index is 0.587. The number of hydrogen-bond donors (Lipinski definition) is 0. The first-order valence-corrected chi connectivity index (χ1v) is 28.2. The van der Waals surface area contributed by atoms with Crippen molar-refractivity contribution < 1.29 is 0 Å². The van der Waals surface area contributed by atoms with Gasteiger partial charge in [0.1, 0.15) is 0 Å². The zero-order valence-corrected chi connectivity index (χ0v) is 42.7. The summed E-state index contributed by atoms with van der Waals surface area (Å²) in [7, 11) is 0. The Morgan fingerprint density at radius 3 is 1.10 bits per heavy atom. The monoisotopic (exact) mass is 895 g/mol. The molecule has 0 spiro atoms. The van der Waals surface area contributed by atoms with Gasteiger partial charge in [-0.1, -0.05) is 196 Å². The van der Waals surface area contributed by atoms with Crippen LogP contribution in [0.2, 0.25) is 10.0 Å². The van der Waals surface area contributed by atoms with E-state index in [2.05, 4.69) is 87.8 Å². The summed E-state index contributed by atoms with van der Waals surface area (Å²) in [6.45, 7) is 9.12. The Hall–Kier alpha value is -1.86. The van der Waals surface area contributed by atoms with E-state index in [-0.39, 0.29) is 0 Å². The van der Waals surface area contributed by atoms with E-state index < -0.39 is 0 Å². The molecule has 0 amide bonds. The lowest BCUT2D eigenvalue weighted by molar-refractivity contribution is 0.153. The van der Waals surface area contributed by atoms with E-state index in [1.807, 2.05) is 0 Å². The van der Waals surface area contributed by atoms with Crippen molar-refractivity contribution >= 4 is 23.2 Å². The van der Waals surface area contributed by atoms with Crippen molar-refractivity contribution in [3.8, 4) is 23.7 Å². The molecule has 0 unspecified atom stereocenters. The lowest BCUT2D eigenvalue weighted by Gasteiger charge is -2.37. The smallest absolute Gasteiger partial charge is 0.0450 e. The quantitative estimate of drug-likeness (QED) is 0.0974. The normalized spacial score (nSPS) is 26.1. The van der Waals surface area contributed by atoms with Gasteiger partial charge in [0.15, 0.2) is 0 Å². The van der Waals surface area contributed by atoms with E-state index in [9.17, 15) is 0 Å². The molecule has 0 radical (unpaired) electrons. The number of hydrogen-bond acceptors (Lipinski definition) is 0. The fraction of sp³-hybridized carbons (Fsp3) is 0.738. The number of aryl methyl sites for hydroxylation is 2. The van der Waals surface area contributed by atoms with Crippen molar-refractivity contribution in [3.63, 3.8) is 0 Å². The molecule has 0 saturated heterocycles. The van der Waals surface area contributed by atoms with Crippen molar-refractivity contribution in [2.75, 3.05) is 0 Å². The van der Waals surface area contributed by atoms with Crippen molar-refractivity contribution in [3.05, 3.63) is 68.7 Å².